The SMILES string of the molecule is CCC(CO)NC(=O)c1cnccc1Nc1cc(-c2cc(Cl)ccc2F)ncc1C(C)C. The van der Waals surface area contributed by atoms with Gasteiger partial charge in [0.15, 0.2) is 0 Å². The van der Waals surface area contributed by atoms with Crippen LogP contribution in [0, 0.1) is 5.82 Å². The zero-order chi connectivity index (χ0) is 23.3. The van der Waals surface area contributed by atoms with Gasteiger partial charge < -0.3 is 15.7 Å². The minimum absolute atomic E-state index is 0.126. The first-order valence-corrected chi connectivity index (χ1v) is 10.8. The summed E-state index contributed by atoms with van der Waals surface area (Å²) < 4.78 is 14.4. The predicted molar refractivity (Wildman–Crippen MR) is 125 cm³/mol. The number of carbonyl (C=O) groups excluding carboxylic acids is 1. The average Bonchev–Trinajstić information content (AvgIpc) is 2.79. The first-order valence-electron chi connectivity index (χ1n) is 10.4. The Kier molecular flexibility index (Phi) is 7.77. The molecule has 8 heteroatoms. The van der Waals surface area contributed by atoms with E-state index in [4.69, 9.17) is 11.6 Å². The van der Waals surface area contributed by atoms with Crippen LogP contribution in [0.15, 0.2) is 48.9 Å². The number of pyridine rings is 2. The standard InChI is InChI=1S/C24H26ClFN4O2/c1-4-16(13-31)29-24(32)19-11-27-8-7-21(19)30-23-10-22(28-12-18(23)14(2)3)17-9-15(25)5-6-20(17)26/h5-12,14,16,31H,4,13H2,1-3H3,(H,29,32)(H,27,28,30). The van der Waals surface area contributed by atoms with Gasteiger partial charge in [-0.2, -0.15) is 0 Å². The van der Waals surface area contributed by atoms with Crippen LogP contribution in [0.1, 0.15) is 49.0 Å². The lowest BCUT2D eigenvalue weighted by molar-refractivity contribution is 0.0915. The minimum atomic E-state index is -0.427. The van der Waals surface area contributed by atoms with Crippen molar-refractivity contribution in [3.63, 3.8) is 0 Å². The van der Waals surface area contributed by atoms with Crippen LogP contribution in [-0.4, -0.2) is 33.6 Å². The molecule has 2 heterocycles. The molecule has 0 bridgehead atoms. The quantitative estimate of drug-likeness (QED) is 0.428. The van der Waals surface area contributed by atoms with Crippen LogP contribution < -0.4 is 10.6 Å². The van der Waals surface area contributed by atoms with Gasteiger partial charge in [0.25, 0.3) is 5.91 Å². The number of anilines is 2. The lowest BCUT2D eigenvalue weighted by atomic mass is 10.0. The Hall–Kier alpha value is -3.03. The smallest absolute Gasteiger partial charge is 0.255 e. The molecule has 1 amide bonds. The third-order valence-corrected chi connectivity index (χ3v) is 5.38. The van der Waals surface area contributed by atoms with Gasteiger partial charge in [-0.25, -0.2) is 4.39 Å². The summed E-state index contributed by atoms with van der Waals surface area (Å²) in [4.78, 5) is 21.3. The number of amides is 1. The van der Waals surface area contributed by atoms with Crippen molar-refractivity contribution in [3.05, 3.63) is 70.9 Å². The summed E-state index contributed by atoms with van der Waals surface area (Å²) >= 11 is 6.06. The molecule has 0 aliphatic rings. The number of aliphatic hydroxyl groups excluding tert-OH is 1. The first kappa shape index (κ1) is 23.6. The van der Waals surface area contributed by atoms with Crippen molar-refractivity contribution in [3.8, 4) is 11.3 Å². The van der Waals surface area contributed by atoms with E-state index in [1.807, 2.05) is 20.8 Å². The normalized spacial score (nSPS) is 12.0. The van der Waals surface area contributed by atoms with E-state index in [1.165, 1.54) is 24.4 Å². The molecule has 2 aromatic heterocycles. The van der Waals surface area contributed by atoms with Crippen molar-refractivity contribution in [1.82, 2.24) is 15.3 Å². The van der Waals surface area contributed by atoms with Gasteiger partial charge in [0.2, 0.25) is 0 Å². The number of carbonyl (C=O) groups is 1. The zero-order valence-electron chi connectivity index (χ0n) is 18.2. The van der Waals surface area contributed by atoms with Gasteiger partial charge in [0, 0.05) is 34.9 Å². The Balaban J connectivity index is 2.02. The summed E-state index contributed by atoms with van der Waals surface area (Å²) in [5.41, 5.74) is 3.18. The zero-order valence-corrected chi connectivity index (χ0v) is 18.9. The van der Waals surface area contributed by atoms with Crippen molar-refractivity contribution in [1.29, 1.82) is 0 Å². The van der Waals surface area contributed by atoms with Crippen LogP contribution in [0.3, 0.4) is 0 Å². The van der Waals surface area contributed by atoms with Gasteiger partial charge in [0.05, 0.1) is 29.6 Å². The number of nitrogens with zero attached hydrogens (tertiary/aromatic N) is 2. The van der Waals surface area contributed by atoms with Gasteiger partial charge in [-0.15, -0.1) is 0 Å². The Bertz CT molecular complexity index is 1100. The highest BCUT2D eigenvalue weighted by Gasteiger charge is 2.18. The predicted octanol–water partition coefficient (Wildman–Crippen LogP) is 5.30. The monoisotopic (exact) mass is 456 g/mol. The van der Waals surface area contributed by atoms with Crippen LogP contribution in [0.25, 0.3) is 11.3 Å². The topological polar surface area (TPSA) is 87.1 Å². The van der Waals surface area contributed by atoms with Gasteiger partial charge in [-0.1, -0.05) is 32.4 Å². The van der Waals surface area contributed by atoms with E-state index in [9.17, 15) is 14.3 Å². The molecule has 0 aliphatic heterocycles. The second-order valence-corrected chi connectivity index (χ2v) is 8.18. The van der Waals surface area contributed by atoms with Crippen molar-refractivity contribution >= 4 is 28.9 Å². The summed E-state index contributed by atoms with van der Waals surface area (Å²) in [6.45, 7) is 5.78. The van der Waals surface area contributed by atoms with Gasteiger partial charge >= 0.3 is 0 Å². The Morgan fingerprint density at radius 3 is 2.66 bits per heavy atom. The molecule has 1 atom stereocenters. The highest BCUT2D eigenvalue weighted by molar-refractivity contribution is 6.30. The van der Waals surface area contributed by atoms with E-state index >= 15 is 0 Å². The number of aromatic nitrogens is 2. The second kappa shape index (κ2) is 10.5. The average molecular weight is 457 g/mol. The molecule has 3 rings (SSSR count). The molecule has 0 radical (unpaired) electrons. The lowest BCUT2D eigenvalue weighted by Crippen LogP contribution is -2.37. The molecule has 6 nitrogen and oxygen atoms in total. The van der Waals surface area contributed by atoms with E-state index < -0.39 is 5.82 Å². The third-order valence-electron chi connectivity index (χ3n) is 5.14. The van der Waals surface area contributed by atoms with Crippen LogP contribution in [0.2, 0.25) is 5.02 Å². The summed E-state index contributed by atoms with van der Waals surface area (Å²) in [5.74, 6) is -0.646. The van der Waals surface area contributed by atoms with E-state index in [0.717, 1.165) is 5.56 Å². The van der Waals surface area contributed by atoms with E-state index in [-0.39, 0.29) is 30.0 Å². The van der Waals surface area contributed by atoms with E-state index in [2.05, 4.69) is 20.6 Å². The van der Waals surface area contributed by atoms with Crippen LogP contribution >= 0.6 is 11.6 Å². The number of halogens is 2. The maximum absolute atomic E-state index is 14.4. The minimum Gasteiger partial charge on any atom is -0.394 e. The van der Waals surface area contributed by atoms with Crippen LogP contribution in [0.4, 0.5) is 15.8 Å². The molecule has 32 heavy (non-hydrogen) atoms. The van der Waals surface area contributed by atoms with E-state index in [1.54, 1.807) is 24.5 Å². The third kappa shape index (κ3) is 5.41. The molecule has 0 aliphatic carbocycles. The highest BCUT2D eigenvalue weighted by atomic mass is 35.5. The van der Waals surface area contributed by atoms with Gasteiger partial charge in [-0.3, -0.25) is 14.8 Å². The first-order chi connectivity index (χ1) is 15.3. The molecular weight excluding hydrogens is 431 g/mol. The van der Waals surface area contributed by atoms with E-state index in [0.29, 0.717) is 34.1 Å². The van der Waals surface area contributed by atoms with Crippen molar-refractivity contribution in [2.45, 2.75) is 39.2 Å². The van der Waals surface area contributed by atoms with Crippen molar-refractivity contribution < 1.29 is 14.3 Å². The molecule has 0 saturated carbocycles. The Labute approximate surface area is 191 Å². The van der Waals surface area contributed by atoms with Crippen molar-refractivity contribution in [2.24, 2.45) is 0 Å². The molecule has 168 valence electrons. The second-order valence-electron chi connectivity index (χ2n) is 7.74. The maximum Gasteiger partial charge on any atom is 0.255 e. The largest absolute Gasteiger partial charge is 0.394 e. The maximum atomic E-state index is 14.4. The van der Waals surface area contributed by atoms with Crippen LogP contribution in [0.5, 0.6) is 0 Å². The van der Waals surface area contributed by atoms with Gasteiger partial charge in [0.1, 0.15) is 5.82 Å². The number of aliphatic hydroxyl groups is 1. The van der Waals surface area contributed by atoms with Crippen molar-refractivity contribution in [2.75, 3.05) is 11.9 Å². The molecular formula is C24H26ClFN4O2. The number of nitrogens with one attached hydrogen (secondary N) is 2. The molecule has 0 fully saturated rings. The summed E-state index contributed by atoms with van der Waals surface area (Å²) in [6.07, 6.45) is 5.34. The number of benzene rings is 1. The molecule has 3 N–H and O–H groups in total. The number of hydrogen-bond donors (Lipinski definition) is 3. The van der Waals surface area contributed by atoms with Crippen LogP contribution in [-0.2, 0) is 0 Å². The fourth-order valence-electron chi connectivity index (χ4n) is 3.24. The summed E-state index contributed by atoms with van der Waals surface area (Å²) in [7, 11) is 0. The molecule has 3 aromatic rings. The summed E-state index contributed by atoms with van der Waals surface area (Å²) in [5, 5.41) is 15.9. The number of rotatable bonds is 8. The number of hydrogen-bond acceptors (Lipinski definition) is 5. The Morgan fingerprint density at radius 1 is 1.19 bits per heavy atom. The highest BCUT2D eigenvalue weighted by Crippen LogP contribution is 2.33. The lowest BCUT2D eigenvalue weighted by Gasteiger charge is -2.19. The summed E-state index contributed by atoms with van der Waals surface area (Å²) in [6, 6.07) is 7.41. The fraction of sp³-hybridized carbons (Fsp3) is 0.292. The molecule has 1 unspecified atom stereocenters. The molecule has 0 saturated heterocycles. The fourth-order valence-corrected chi connectivity index (χ4v) is 3.42. The molecule has 0 spiro atoms. The Morgan fingerprint density at radius 2 is 1.97 bits per heavy atom. The van der Waals surface area contributed by atoms with Gasteiger partial charge in [-0.05, 0) is 48.2 Å². The molecule has 1 aromatic carbocycles.